The van der Waals surface area contributed by atoms with Crippen LogP contribution < -0.4 is 15.6 Å². The molecule has 0 bridgehead atoms. The Morgan fingerprint density at radius 3 is 2.67 bits per heavy atom. The zero-order chi connectivity index (χ0) is 21.7. The maximum Gasteiger partial charge on any atom is 0.311 e. The third-order valence-electron chi connectivity index (χ3n) is 5.27. The molecule has 1 aliphatic heterocycles. The van der Waals surface area contributed by atoms with E-state index in [4.69, 9.17) is 4.74 Å². The minimum atomic E-state index is -0.564. The minimum absolute atomic E-state index is 0.120. The summed E-state index contributed by atoms with van der Waals surface area (Å²) in [7, 11) is 3.03. The normalized spacial score (nSPS) is 18.2. The summed E-state index contributed by atoms with van der Waals surface area (Å²) in [5.74, 6) is -0.409. The Hall–Kier alpha value is -3.04. The van der Waals surface area contributed by atoms with Crippen LogP contribution in [0.3, 0.4) is 0 Å². The molecule has 1 fully saturated rings. The monoisotopic (exact) mass is 416 g/mol. The lowest BCUT2D eigenvalue weighted by molar-refractivity contribution is -0.385. The average molecular weight is 416 g/mol. The lowest BCUT2D eigenvalue weighted by atomic mass is 9.99. The predicted molar refractivity (Wildman–Crippen MR) is 110 cm³/mol. The van der Waals surface area contributed by atoms with Gasteiger partial charge in [0.05, 0.1) is 12.0 Å². The molecule has 1 saturated heterocycles. The zero-order valence-corrected chi connectivity index (χ0v) is 16.9. The molecule has 160 valence electrons. The number of carbonyl (C=O) groups excluding carboxylic acids is 1. The van der Waals surface area contributed by atoms with Gasteiger partial charge in [0.1, 0.15) is 5.82 Å². The highest BCUT2D eigenvalue weighted by Crippen LogP contribution is 2.28. The number of rotatable bonds is 8. The van der Waals surface area contributed by atoms with Crippen molar-refractivity contribution in [3.63, 3.8) is 0 Å². The van der Waals surface area contributed by atoms with Gasteiger partial charge in [-0.25, -0.2) is 4.39 Å². The third kappa shape index (κ3) is 5.11. The number of nitrogens with zero attached hydrogens (tertiary/aromatic N) is 2. The second-order valence-electron chi connectivity index (χ2n) is 7.34. The van der Waals surface area contributed by atoms with Crippen LogP contribution in [0.15, 0.2) is 42.5 Å². The molecule has 1 amide bonds. The summed E-state index contributed by atoms with van der Waals surface area (Å²) in [5, 5.41) is 11.2. The van der Waals surface area contributed by atoms with Crippen LogP contribution >= 0.6 is 0 Å². The van der Waals surface area contributed by atoms with Gasteiger partial charge in [0.15, 0.2) is 5.75 Å². The Bertz CT molecular complexity index is 906. The number of nitrogens with one attached hydrogen (secondary N) is 2. The maximum atomic E-state index is 13.1. The van der Waals surface area contributed by atoms with Gasteiger partial charge >= 0.3 is 5.69 Å². The summed E-state index contributed by atoms with van der Waals surface area (Å²) in [6.45, 7) is 0.526. The van der Waals surface area contributed by atoms with Crippen LogP contribution in [0.2, 0.25) is 0 Å². The summed E-state index contributed by atoms with van der Waals surface area (Å²) in [5.41, 5.74) is 7.53. The Labute approximate surface area is 174 Å². The number of nitro groups is 1. The highest BCUT2D eigenvalue weighted by molar-refractivity contribution is 5.95. The highest BCUT2D eigenvalue weighted by Gasteiger charge is 2.25. The van der Waals surface area contributed by atoms with Crippen LogP contribution in [-0.2, 0) is 0 Å². The van der Waals surface area contributed by atoms with E-state index in [9.17, 15) is 19.3 Å². The van der Waals surface area contributed by atoms with E-state index in [1.165, 1.54) is 37.4 Å². The molecule has 0 spiro atoms. The summed E-state index contributed by atoms with van der Waals surface area (Å²) < 4.78 is 18.0. The first-order valence-corrected chi connectivity index (χ1v) is 9.73. The largest absolute Gasteiger partial charge is 0.490 e. The SMILES string of the molecule is COc1ccc(C(=O)N(C)CCCC2CC(c3ccc(F)cc3)NN2)cc1[N+](=O)[O-]. The number of methoxy groups -OCH3 is 1. The number of carbonyl (C=O) groups is 1. The van der Waals surface area contributed by atoms with Crippen LogP contribution in [0.5, 0.6) is 5.75 Å². The molecule has 2 aromatic carbocycles. The number of hydrogen-bond acceptors (Lipinski definition) is 6. The van der Waals surface area contributed by atoms with Crippen molar-refractivity contribution in [2.45, 2.75) is 31.3 Å². The molecule has 8 nitrogen and oxygen atoms in total. The van der Waals surface area contributed by atoms with Crippen molar-refractivity contribution in [2.24, 2.45) is 0 Å². The number of hydrazine groups is 1. The first-order valence-electron chi connectivity index (χ1n) is 9.73. The summed E-state index contributed by atoms with van der Waals surface area (Å²) in [6, 6.07) is 11.0. The van der Waals surface area contributed by atoms with E-state index >= 15 is 0 Å². The van der Waals surface area contributed by atoms with Crippen molar-refractivity contribution in [1.29, 1.82) is 0 Å². The van der Waals surface area contributed by atoms with Gasteiger partial charge in [-0.05, 0) is 49.1 Å². The fourth-order valence-corrected chi connectivity index (χ4v) is 3.59. The van der Waals surface area contributed by atoms with Crippen molar-refractivity contribution in [3.8, 4) is 5.75 Å². The summed E-state index contributed by atoms with van der Waals surface area (Å²) in [6.07, 6.45) is 2.50. The van der Waals surface area contributed by atoms with Gasteiger partial charge in [-0.1, -0.05) is 12.1 Å². The molecule has 0 saturated carbocycles. The molecule has 2 aromatic rings. The van der Waals surface area contributed by atoms with Crippen molar-refractivity contribution >= 4 is 11.6 Å². The Balaban J connectivity index is 1.49. The fraction of sp³-hybridized carbons (Fsp3) is 0.381. The molecule has 3 rings (SSSR count). The molecule has 2 unspecified atom stereocenters. The van der Waals surface area contributed by atoms with E-state index in [0.717, 1.165) is 24.8 Å². The second-order valence-corrected chi connectivity index (χ2v) is 7.34. The molecule has 0 radical (unpaired) electrons. The van der Waals surface area contributed by atoms with E-state index in [2.05, 4.69) is 10.9 Å². The molecule has 0 aliphatic carbocycles. The van der Waals surface area contributed by atoms with Gasteiger partial charge in [0, 0.05) is 37.3 Å². The highest BCUT2D eigenvalue weighted by atomic mass is 19.1. The van der Waals surface area contributed by atoms with Crippen LogP contribution in [0.25, 0.3) is 0 Å². The van der Waals surface area contributed by atoms with Gasteiger partial charge in [-0.2, -0.15) is 0 Å². The average Bonchev–Trinajstić information content (AvgIpc) is 3.22. The van der Waals surface area contributed by atoms with E-state index in [1.807, 2.05) is 0 Å². The van der Waals surface area contributed by atoms with Gasteiger partial charge in [-0.3, -0.25) is 25.8 Å². The smallest absolute Gasteiger partial charge is 0.311 e. The lowest BCUT2D eigenvalue weighted by Crippen LogP contribution is -2.32. The quantitative estimate of drug-likeness (QED) is 0.507. The predicted octanol–water partition coefficient (Wildman–Crippen LogP) is 3.20. The zero-order valence-electron chi connectivity index (χ0n) is 16.9. The van der Waals surface area contributed by atoms with Crippen molar-refractivity contribution in [1.82, 2.24) is 15.8 Å². The Morgan fingerprint density at radius 1 is 1.27 bits per heavy atom. The molecular formula is C21H25FN4O4. The van der Waals surface area contributed by atoms with E-state index in [1.54, 1.807) is 24.1 Å². The Kier molecular flexibility index (Phi) is 6.96. The standard InChI is InChI=1S/C21H25FN4O4/c1-25(21(27)15-7-10-20(30-2)19(12-15)26(28)29)11-3-4-17-13-18(24-23-17)14-5-8-16(22)9-6-14/h5-10,12,17-18,23-24H,3-4,11,13H2,1-2H3. The van der Waals surface area contributed by atoms with E-state index in [0.29, 0.717) is 6.54 Å². The molecule has 30 heavy (non-hydrogen) atoms. The van der Waals surface area contributed by atoms with E-state index < -0.39 is 4.92 Å². The topological polar surface area (TPSA) is 96.7 Å². The summed E-state index contributed by atoms with van der Waals surface area (Å²) >= 11 is 0. The van der Waals surface area contributed by atoms with Crippen molar-refractivity contribution < 1.29 is 18.8 Å². The van der Waals surface area contributed by atoms with Crippen LogP contribution in [0.4, 0.5) is 10.1 Å². The van der Waals surface area contributed by atoms with Gasteiger partial charge in [0.25, 0.3) is 5.91 Å². The fourth-order valence-electron chi connectivity index (χ4n) is 3.59. The van der Waals surface area contributed by atoms with Crippen LogP contribution in [0.1, 0.15) is 41.2 Å². The molecule has 2 atom stereocenters. The first-order chi connectivity index (χ1) is 14.4. The third-order valence-corrected chi connectivity index (χ3v) is 5.27. The first kappa shape index (κ1) is 21.7. The summed E-state index contributed by atoms with van der Waals surface area (Å²) in [4.78, 5) is 24.8. The van der Waals surface area contributed by atoms with Crippen molar-refractivity contribution in [2.75, 3.05) is 20.7 Å². The van der Waals surface area contributed by atoms with Crippen LogP contribution in [0, 0.1) is 15.9 Å². The number of benzene rings is 2. The van der Waals surface area contributed by atoms with E-state index in [-0.39, 0.29) is 40.8 Å². The van der Waals surface area contributed by atoms with Gasteiger partial charge in [-0.15, -0.1) is 0 Å². The Morgan fingerprint density at radius 2 is 2.00 bits per heavy atom. The van der Waals surface area contributed by atoms with Crippen LogP contribution in [-0.4, -0.2) is 42.5 Å². The molecule has 0 aromatic heterocycles. The number of amides is 1. The van der Waals surface area contributed by atoms with Gasteiger partial charge in [0.2, 0.25) is 0 Å². The molecule has 1 heterocycles. The number of nitro benzene ring substituents is 1. The second kappa shape index (κ2) is 9.64. The molecule has 2 N–H and O–H groups in total. The number of hydrogen-bond donors (Lipinski definition) is 2. The lowest BCUT2D eigenvalue weighted by Gasteiger charge is -2.18. The molecule has 1 aliphatic rings. The molecular weight excluding hydrogens is 391 g/mol. The number of ether oxygens (including phenoxy) is 1. The van der Waals surface area contributed by atoms with Crippen molar-refractivity contribution in [3.05, 3.63) is 69.5 Å². The maximum absolute atomic E-state index is 13.1. The number of halogens is 1. The molecule has 9 heteroatoms. The van der Waals surface area contributed by atoms with Gasteiger partial charge < -0.3 is 9.64 Å². The minimum Gasteiger partial charge on any atom is -0.490 e.